The number of aliphatic hydroxyl groups is 1. The minimum Gasteiger partial charge on any atom is -0.437 e. The summed E-state index contributed by atoms with van der Waals surface area (Å²) in [7, 11) is -3.56. The van der Waals surface area contributed by atoms with Gasteiger partial charge < -0.3 is 15.2 Å². The molecular weight excluding hydrogens is 525 g/mol. The van der Waals surface area contributed by atoms with Gasteiger partial charge in [0.25, 0.3) is 5.91 Å². The normalized spacial score (nSPS) is 18.0. The maximum atomic E-state index is 14.1. The Morgan fingerprint density at radius 1 is 1.03 bits per heavy atom. The lowest BCUT2D eigenvalue weighted by atomic mass is 9.92. The van der Waals surface area contributed by atoms with Gasteiger partial charge in [0.05, 0.1) is 18.4 Å². The van der Waals surface area contributed by atoms with E-state index >= 15 is 0 Å². The van der Waals surface area contributed by atoms with Crippen molar-refractivity contribution in [2.75, 3.05) is 11.0 Å². The van der Waals surface area contributed by atoms with E-state index in [2.05, 4.69) is 20.0 Å². The number of sulfonamides is 1. The summed E-state index contributed by atoms with van der Waals surface area (Å²) in [5.41, 5.74) is -2.23. The van der Waals surface area contributed by atoms with E-state index in [1.165, 1.54) is 36.4 Å². The number of aromatic nitrogens is 2. The van der Waals surface area contributed by atoms with Crippen LogP contribution in [-0.2, 0) is 16.2 Å². The van der Waals surface area contributed by atoms with Crippen LogP contribution in [0.1, 0.15) is 41.9 Å². The number of nitrogens with zero attached hydrogens (tertiary/aromatic N) is 2. The molecule has 38 heavy (non-hydrogen) atoms. The lowest BCUT2D eigenvalue weighted by Crippen LogP contribution is -2.45. The van der Waals surface area contributed by atoms with Crippen LogP contribution in [0.4, 0.5) is 18.9 Å². The topological polar surface area (TPSA) is 131 Å². The summed E-state index contributed by atoms with van der Waals surface area (Å²) in [6.45, 7) is 0. The Balaban J connectivity index is 1.81. The zero-order chi connectivity index (χ0) is 27.5. The van der Waals surface area contributed by atoms with Crippen LogP contribution in [0.15, 0.2) is 54.6 Å². The second-order valence-corrected chi connectivity index (χ2v) is 10.6. The van der Waals surface area contributed by atoms with Gasteiger partial charge in [-0.25, -0.2) is 18.4 Å². The van der Waals surface area contributed by atoms with Gasteiger partial charge in [0, 0.05) is 11.3 Å². The van der Waals surface area contributed by atoms with Gasteiger partial charge in [-0.05, 0) is 37.1 Å². The number of halogens is 3. The molecule has 9 nitrogen and oxygen atoms in total. The van der Waals surface area contributed by atoms with Crippen LogP contribution in [0.2, 0.25) is 0 Å². The number of hydrogen-bond donors (Lipinski definition) is 3. The molecule has 1 aliphatic carbocycles. The Kier molecular flexibility index (Phi) is 7.88. The molecule has 0 aliphatic heterocycles. The fourth-order valence-corrected chi connectivity index (χ4v) is 4.63. The molecule has 1 saturated carbocycles. The number of carbonyl (C=O) groups excluding carboxylic acids is 1. The zero-order valence-corrected chi connectivity index (χ0v) is 21.0. The molecule has 1 aromatic heterocycles. The van der Waals surface area contributed by atoms with Crippen LogP contribution in [0.5, 0.6) is 11.6 Å². The number of amides is 1. The lowest BCUT2D eigenvalue weighted by molar-refractivity contribution is -0.142. The van der Waals surface area contributed by atoms with Crippen molar-refractivity contribution in [2.24, 2.45) is 0 Å². The van der Waals surface area contributed by atoms with Crippen molar-refractivity contribution in [1.82, 2.24) is 15.3 Å². The van der Waals surface area contributed by atoms with Crippen molar-refractivity contribution in [3.8, 4) is 22.9 Å². The quantitative estimate of drug-likeness (QED) is 0.399. The van der Waals surface area contributed by atoms with Gasteiger partial charge in [-0.15, -0.1) is 0 Å². The summed E-state index contributed by atoms with van der Waals surface area (Å²) in [4.78, 5) is 20.8. The van der Waals surface area contributed by atoms with Gasteiger partial charge in [0.2, 0.25) is 15.9 Å². The SMILES string of the molecule is CS(=O)(=O)Nc1ccc(-c2nc(C(=O)N[C@@H]3CCCC[C@H]3O)c(C(F)(F)F)nc2Oc2ccccc2)cc1. The molecule has 1 aliphatic rings. The van der Waals surface area contributed by atoms with E-state index in [1.807, 2.05) is 0 Å². The first-order valence-electron chi connectivity index (χ1n) is 11.7. The minimum atomic E-state index is -5.04. The summed E-state index contributed by atoms with van der Waals surface area (Å²) >= 11 is 0. The molecule has 202 valence electrons. The molecule has 0 saturated heterocycles. The number of aliphatic hydroxyl groups excluding tert-OH is 1. The third kappa shape index (κ3) is 6.78. The molecule has 0 unspecified atom stereocenters. The number of ether oxygens (including phenoxy) is 1. The van der Waals surface area contributed by atoms with Crippen molar-refractivity contribution in [3.05, 3.63) is 66.0 Å². The molecule has 3 aromatic rings. The summed E-state index contributed by atoms with van der Waals surface area (Å²) in [5, 5.41) is 12.7. The number of alkyl halides is 3. The van der Waals surface area contributed by atoms with Crippen molar-refractivity contribution >= 4 is 21.6 Å². The highest BCUT2D eigenvalue weighted by atomic mass is 32.2. The van der Waals surface area contributed by atoms with Crippen LogP contribution >= 0.6 is 0 Å². The maximum absolute atomic E-state index is 14.1. The molecule has 3 N–H and O–H groups in total. The van der Waals surface area contributed by atoms with Crippen LogP contribution in [-0.4, -0.2) is 47.8 Å². The summed E-state index contributed by atoms with van der Waals surface area (Å²) in [5.74, 6) is -1.44. The average Bonchev–Trinajstić information content (AvgIpc) is 2.85. The Morgan fingerprint density at radius 3 is 2.29 bits per heavy atom. The fraction of sp³-hybridized carbons (Fsp3) is 0.320. The molecule has 13 heteroatoms. The standard InChI is InChI=1S/C25H25F3N4O5S/c1-38(35,36)32-16-13-11-15(12-14-16)20-24(37-17-7-3-2-4-8-17)31-22(25(26,27)28)21(30-20)23(34)29-18-9-5-6-10-19(18)33/h2-4,7-8,11-14,18-19,32-33H,5-6,9-10H2,1H3,(H,29,34)/t18-,19-/m1/s1. The van der Waals surface area contributed by atoms with Crippen LogP contribution in [0.3, 0.4) is 0 Å². The monoisotopic (exact) mass is 550 g/mol. The van der Waals surface area contributed by atoms with Crippen molar-refractivity contribution in [1.29, 1.82) is 0 Å². The molecule has 4 rings (SSSR count). The number of nitrogens with one attached hydrogen (secondary N) is 2. The molecule has 1 fully saturated rings. The molecule has 0 spiro atoms. The highest BCUT2D eigenvalue weighted by Gasteiger charge is 2.41. The van der Waals surface area contributed by atoms with Crippen LogP contribution in [0, 0.1) is 0 Å². The average molecular weight is 551 g/mol. The number of benzene rings is 2. The van der Waals surface area contributed by atoms with Crippen molar-refractivity contribution in [2.45, 2.75) is 44.0 Å². The second-order valence-electron chi connectivity index (χ2n) is 8.87. The van der Waals surface area contributed by atoms with E-state index in [4.69, 9.17) is 4.74 Å². The molecular formula is C25H25F3N4O5S. The highest BCUT2D eigenvalue weighted by Crippen LogP contribution is 2.37. The van der Waals surface area contributed by atoms with E-state index in [-0.39, 0.29) is 22.7 Å². The van der Waals surface area contributed by atoms with Gasteiger partial charge in [-0.3, -0.25) is 9.52 Å². The summed E-state index contributed by atoms with van der Waals surface area (Å²) in [6, 6.07) is 12.9. The van der Waals surface area contributed by atoms with Gasteiger partial charge >= 0.3 is 6.18 Å². The van der Waals surface area contributed by atoms with E-state index < -0.39 is 51.5 Å². The third-order valence-electron chi connectivity index (χ3n) is 5.81. The maximum Gasteiger partial charge on any atom is 0.435 e. The molecule has 2 aromatic carbocycles. The van der Waals surface area contributed by atoms with E-state index in [1.54, 1.807) is 18.2 Å². The Morgan fingerprint density at radius 2 is 1.68 bits per heavy atom. The smallest absolute Gasteiger partial charge is 0.435 e. The van der Waals surface area contributed by atoms with Gasteiger partial charge in [-0.2, -0.15) is 13.2 Å². The summed E-state index contributed by atoms with van der Waals surface area (Å²) < 4.78 is 73.2. The predicted octanol–water partition coefficient (Wildman–Crippen LogP) is 4.36. The Labute approximate surface area is 217 Å². The number of para-hydroxylation sites is 1. The molecule has 1 heterocycles. The Hall–Kier alpha value is -3.71. The third-order valence-corrected chi connectivity index (χ3v) is 6.42. The Bertz CT molecular complexity index is 1400. The first-order valence-corrected chi connectivity index (χ1v) is 13.6. The van der Waals surface area contributed by atoms with Gasteiger partial charge in [0.15, 0.2) is 11.4 Å². The molecule has 2 atom stereocenters. The first kappa shape index (κ1) is 27.3. The van der Waals surface area contributed by atoms with E-state index in [0.29, 0.717) is 19.3 Å². The minimum absolute atomic E-state index is 0.165. The highest BCUT2D eigenvalue weighted by molar-refractivity contribution is 7.92. The van der Waals surface area contributed by atoms with Gasteiger partial charge in [-0.1, -0.05) is 43.2 Å². The second kappa shape index (κ2) is 11.0. The van der Waals surface area contributed by atoms with Crippen LogP contribution in [0.25, 0.3) is 11.3 Å². The molecule has 0 bridgehead atoms. The van der Waals surface area contributed by atoms with E-state index in [9.17, 15) is 31.5 Å². The summed E-state index contributed by atoms with van der Waals surface area (Å²) in [6.07, 6.45) is -2.65. The zero-order valence-electron chi connectivity index (χ0n) is 20.2. The molecule has 1 amide bonds. The van der Waals surface area contributed by atoms with E-state index in [0.717, 1.165) is 12.7 Å². The number of carbonyl (C=O) groups is 1. The number of anilines is 1. The predicted molar refractivity (Wildman–Crippen MR) is 133 cm³/mol. The molecule has 0 radical (unpaired) electrons. The number of rotatable bonds is 7. The van der Waals surface area contributed by atoms with Crippen molar-refractivity contribution < 1.29 is 36.2 Å². The van der Waals surface area contributed by atoms with Crippen LogP contribution < -0.4 is 14.8 Å². The first-order chi connectivity index (χ1) is 17.9. The lowest BCUT2D eigenvalue weighted by Gasteiger charge is -2.28. The van der Waals surface area contributed by atoms with Gasteiger partial charge in [0.1, 0.15) is 11.4 Å². The largest absolute Gasteiger partial charge is 0.437 e. The fourth-order valence-electron chi connectivity index (χ4n) is 4.06. The van der Waals surface area contributed by atoms with Crippen molar-refractivity contribution in [3.63, 3.8) is 0 Å². The number of hydrogen-bond acceptors (Lipinski definition) is 7.